The molecule has 0 aliphatic carbocycles. The van der Waals surface area contributed by atoms with Crippen LogP contribution in [0.3, 0.4) is 0 Å². The Hall–Kier alpha value is -2.06. The summed E-state index contributed by atoms with van der Waals surface area (Å²) in [7, 11) is 1.29. The van der Waals surface area contributed by atoms with Gasteiger partial charge in [-0.15, -0.1) is 0 Å². The second-order valence-corrected chi connectivity index (χ2v) is 19.2. The minimum Gasteiger partial charge on any atom is -0.756 e. The zero-order chi connectivity index (χ0) is 45.0. The van der Waals surface area contributed by atoms with Crippen molar-refractivity contribution >= 4 is 13.7 Å². The van der Waals surface area contributed by atoms with Gasteiger partial charge in [0.25, 0.3) is 7.82 Å². The van der Waals surface area contributed by atoms with Crippen LogP contribution < -0.4 is 10.2 Å². The largest absolute Gasteiger partial charge is 0.756 e. The minimum absolute atomic E-state index is 0.00927. The lowest BCUT2D eigenvalue weighted by molar-refractivity contribution is -0.870. The maximum atomic E-state index is 12.8. The van der Waals surface area contributed by atoms with Crippen LogP contribution in [0.1, 0.15) is 200 Å². The first-order valence-electron chi connectivity index (χ1n) is 24.8. The lowest BCUT2D eigenvalue weighted by Crippen LogP contribution is -2.46. The highest BCUT2D eigenvalue weighted by molar-refractivity contribution is 7.45. The summed E-state index contributed by atoms with van der Waals surface area (Å²) in [4.78, 5) is 25.1. The van der Waals surface area contributed by atoms with Crippen LogP contribution >= 0.6 is 7.82 Å². The lowest BCUT2D eigenvalue weighted by atomic mass is 10.0. The van der Waals surface area contributed by atoms with Crippen LogP contribution in [0.2, 0.25) is 0 Å². The number of carbonyl (C=O) groups excluding carboxylic acids is 1. The molecule has 0 saturated carbocycles. The number of hydrogen-bond donors (Lipinski definition) is 2. The molecule has 1 amide bonds. The average molecular weight is 875 g/mol. The van der Waals surface area contributed by atoms with E-state index in [0.717, 1.165) is 83.5 Å². The summed E-state index contributed by atoms with van der Waals surface area (Å²) < 4.78 is 23.0. The normalized spacial score (nSPS) is 14.8. The van der Waals surface area contributed by atoms with Gasteiger partial charge in [-0.3, -0.25) is 9.36 Å². The van der Waals surface area contributed by atoms with E-state index in [-0.39, 0.29) is 19.1 Å². The summed E-state index contributed by atoms with van der Waals surface area (Å²) in [6, 6.07) is -0.798. The van der Waals surface area contributed by atoms with Crippen LogP contribution in [-0.4, -0.2) is 68.5 Å². The number of hydrogen-bond acceptors (Lipinski definition) is 6. The van der Waals surface area contributed by atoms with E-state index in [1.165, 1.54) is 89.9 Å². The van der Waals surface area contributed by atoms with Gasteiger partial charge in [0, 0.05) is 6.42 Å². The molecule has 0 saturated heterocycles. The van der Waals surface area contributed by atoms with Crippen LogP contribution in [-0.2, 0) is 18.4 Å². The summed E-state index contributed by atoms with van der Waals surface area (Å²) in [6.07, 6.45) is 58.6. The molecule has 3 unspecified atom stereocenters. The van der Waals surface area contributed by atoms with Crippen molar-refractivity contribution in [3.63, 3.8) is 0 Å². The standard InChI is InChI=1S/C52H95N2O6P/c1-6-8-10-12-13-14-15-16-17-18-19-20-21-22-23-24-25-26-27-28-29-30-31-32-33-34-35-36-37-38-39-40-41-42-44-46-52(56)53-50(51(55)45-43-11-9-7-2)49-60-61(57,58)59-48-47-54(3,4)5/h8,10,13-14,16-17,19-20,22-23,25-26,50-51,55H,6-7,9,11-12,15,18,21,24,27-49H2,1-5H3,(H-,53,56,57,58)/b10-8-,14-13-,17-16-,20-19-,23-22-,26-25-. The van der Waals surface area contributed by atoms with Gasteiger partial charge in [0.15, 0.2) is 0 Å². The van der Waals surface area contributed by atoms with Gasteiger partial charge < -0.3 is 28.8 Å². The lowest BCUT2D eigenvalue weighted by Gasteiger charge is -2.30. The molecule has 0 aliphatic heterocycles. The fourth-order valence-electron chi connectivity index (χ4n) is 6.81. The van der Waals surface area contributed by atoms with E-state index in [1.54, 1.807) is 0 Å². The Morgan fingerprint density at radius 2 is 1.00 bits per heavy atom. The number of nitrogens with zero attached hydrogens (tertiary/aromatic N) is 1. The number of allylic oxidation sites excluding steroid dienone is 12. The molecule has 0 rings (SSSR count). The third kappa shape index (κ3) is 45.8. The molecular weight excluding hydrogens is 780 g/mol. The smallest absolute Gasteiger partial charge is 0.268 e. The van der Waals surface area contributed by atoms with Crippen molar-refractivity contribution in [1.82, 2.24) is 5.32 Å². The number of unbranched alkanes of at least 4 members (excludes halogenated alkanes) is 19. The topological polar surface area (TPSA) is 108 Å². The van der Waals surface area contributed by atoms with E-state index in [4.69, 9.17) is 9.05 Å². The minimum atomic E-state index is -4.55. The fourth-order valence-corrected chi connectivity index (χ4v) is 7.53. The van der Waals surface area contributed by atoms with Crippen molar-refractivity contribution in [2.75, 3.05) is 40.9 Å². The van der Waals surface area contributed by atoms with Crippen molar-refractivity contribution in [3.05, 3.63) is 72.9 Å². The molecule has 0 heterocycles. The van der Waals surface area contributed by atoms with Gasteiger partial charge in [-0.1, -0.05) is 202 Å². The Balaban J connectivity index is 3.80. The average Bonchev–Trinajstić information content (AvgIpc) is 3.21. The molecule has 0 aromatic heterocycles. The molecule has 0 aromatic carbocycles. The first-order valence-corrected chi connectivity index (χ1v) is 26.2. The Labute approximate surface area is 376 Å². The van der Waals surface area contributed by atoms with Crippen LogP contribution in [0.4, 0.5) is 0 Å². The Bertz CT molecular complexity index is 1220. The molecule has 0 fully saturated rings. The maximum Gasteiger partial charge on any atom is 0.268 e. The molecule has 0 spiro atoms. The van der Waals surface area contributed by atoms with Crippen molar-refractivity contribution in [2.45, 2.75) is 212 Å². The van der Waals surface area contributed by atoms with Crippen molar-refractivity contribution in [3.8, 4) is 0 Å². The number of aliphatic hydroxyl groups is 1. The van der Waals surface area contributed by atoms with Gasteiger partial charge in [-0.05, 0) is 64.2 Å². The fraction of sp³-hybridized carbons (Fsp3) is 0.750. The number of phosphoric acid groups is 1. The van der Waals surface area contributed by atoms with Crippen molar-refractivity contribution in [2.24, 2.45) is 0 Å². The van der Waals surface area contributed by atoms with E-state index in [0.29, 0.717) is 23.9 Å². The summed E-state index contributed by atoms with van der Waals surface area (Å²) in [5, 5.41) is 13.6. The molecule has 9 heteroatoms. The van der Waals surface area contributed by atoms with Crippen LogP contribution in [0, 0.1) is 0 Å². The van der Waals surface area contributed by atoms with E-state index in [2.05, 4.69) is 92.1 Å². The molecular formula is C52H95N2O6P. The predicted molar refractivity (Wildman–Crippen MR) is 260 cm³/mol. The summed E-state index contributed by atoms with van der Waals surface area (Å²) in [5.74, 6) is -0.176. The highest BCUT2D eigenvalue weighted by Crippen LogP contribution is 2.38. The van der Waals surface area contributed by atoms with Gasteiger partial charge in [-0.25, -0.2) is 0 Å². The van der Waals surface area contributed by atoms with Gasteiger partial charge >= 0.3 is 0 Å². The van der Waals surface area contributed by atoms with Crippen LogP contribution in [0.25, 0.3) is 0 Å². The highest BCUT2D eigenvalue weighted by atomic mass is 31.2. The number of rotatable bonds is 44. The van der Waals surface area contributed by atoms with E-state index in [9.17, 15) is 19.4 Å². The Morgan fingerprint density at radius 1 is 0.590 bits per heavy atom. The van der Waals surface area contributed by atoms with E-state index >= 15 is 0 Å². The Kier molecular flexibility index (Phi) is 41.7. The van der Waals surface area contributed by atoms with Gasteiger partial charge in [0.2, 0.25) is 5.91 Å². The van der Waals surface area contributed by atoms with Crippen molar-refractivity contribution < 1.29 is 32.9 Å². The number of likely N-dealkylation sites (N-methyl/N-ethyl adjacent to an activating group) is 1. The monoisotopic (exact) mass is 875 g/mol. The first kappa shape index (κ1) is 58.9. The van der Waals surface area contributed by atoms with Crippen molar-refractivity contribution in [1.29, 1.82) is 0 Å². The third-order valence-corrected chi connectivity index (χ3v) is 11.7. The van der Waals surface area contributed by atoms with E-state index < -0.39 is 20.0 Å². The SMILES string of the molecule is CC/C=C\C/C=C\C/C=C\C/C=C\C/C=C\C/C=C\CCCCCCCCCCCCCCCCCCC(=O)NC(COP(=O)([O-])OCC[N+](C)(C)C)C(O)CCCCCC. The van der Waals surface area contributed by atoms with Gasteiger partial charge in [0.05, 0.1) is 39.9 Å². The molecule has 2 N–H and O–H groups in total. The highest BCUT2D eigenvalue weighted by Gasteiger charge is 2.24. The van der Waals surface area contributed by atoms with E-state index in [1.807, 2.05) is 21.1 Å². The molecule has 61 heavy (non-hydrogen) atoms. The first-order chi connectivity index (χ1) is 29.5. The molecule has 0 radical (unpaired) electrons. The zero-order valence-corrected chi connectivity index (χ0v) is 41.0. The quantitative estimate of drug-likeness (QED) is 0.0273. The third-order valence-electron chi connectivity index (χ3n) is 10.7. The zero-order valence-electron chi connectivity index (χ0n) is 40.1. The number of nitrogens with one attached hydrogen (secondary N) is 1. The van der Waals surface area contributed by atoms with Gasteiger partial charge in [-0.2, -0.15) is 0 Å². The van der Waals surface area contributed by atoms with Gasteiger partial charge in [0.1, 0.15) is 13.2 Å². The second kappa shape index (κ2) is 43.2. The summed E-state index contributed by atoms with van der Waals surface area (Å²) in [6.45, 7) is 4.47. The molecule has 0 bridgehead atoms. The second-order valence-electron chi connectivity index (χ2n) is 17.8. The number of phosphoric ester groups is 1. The molecule has 0 aromatic rings. The van der Waals surface area contributed by atoms with Crippen LogP contribution in [0.5, 0.6) is 0 Å². The molecule has 354 valence electrons. The molecule has 8 nitrogen and oxygen atoms in total. The predicted octanol–water partition coefficient (Wildman–Crippen LogP) is 13.7. The summed E-state index contributed by atoms with van der Waals surface area (Å²) >= 11 is 0. The molecule has 3 atom stereocenters. The van der Waals surface area contributed by atoms with Crippen LogP contribution in [0.15, 0.2) is 72.9 Å². The summed E-state index contributed by atoms with van der Waals surface area (Å²) in [5.41, 5.74) is 0. The maximum absolute atomic E-state index is 12.8. The number of carbonyl (C=O) groups is 1. The molecule has 0 aliphatic rings. The number of aliphatic hydroxyl groups excluding tert-OH is 1. The Morgan fingerprint density at radius 3 is 1.44 bits per heavy atom. The number of quaternary nitrogens is 1. The number of amides is 1.